The molecule has 0 bridgehead atoms. The molecule has 0 aliphatic heterocycles. The fourth-order valence-electron chi connectivity index (χ4n) is 1.38. The summed E-state index contributed by atoms with van der Waals surface area (Å²) in [6, 6.07) is 3.75. The molecule has 4 nitrogen and oxygen atoms in total. The quantitative estimate of drug-likeness (QED) is 0.641. The van der Waals surface area contributed by atoms with Crippen LogP contribution in [0.25, 0.3) is 0 Å². The summed E-state index contributed by atoms with van der Waals surface area (Å²) in [5.41, 5.74) is 0.997. The number of methoxy groups -OCH3 is 2. The van der Waals surface area contributed by atoms with Gasteiger partial charge in [0.25, 0.3) is 0 Å². The van der Waals surface area contributed by atoms with Crippen LogP contribution in [0.15, 0.2) is 16.6 Å². The molecule has 0 unspecified atom stereocenters. The molecule has 0 spiro atoms. The van der Waals surface area contributed by atoms with Gasteiger partial charge in [0.15, 0.2) is 0 Å². The Morgan fingerprint density at radius 2 is 2.00 bits per heavy atom. The SMILES string of the molecule is COc1cc(CCNC=O)c(OC)cc1Br. The summed E-state index contributed by atoms with van der Waals surface area (Å²) in [6.45, 7) is 0.574. The van der Waals surface area contributed by atoms with Gasteiger partial charge in [0.2, 0.25) is 6.41 Å². The van der Waals surface area contributed by atoms with Crippen LogP contribution in [0.2, 0.25) is 0 Å². The number of hydrogen-bond donors (Lipinski definition) is 1. The van der Waals surface area contributed by atoms with Crippen molar-refractivity contribution in [2.75, 3.05) is 20.8 Å². The molecule has 5 heteroatoms. The smallest absolute Gasteiger partial charge is 0.207 e. The summed E-state index contributed by atoms with van der Waals surface area (Å²) in [4.78, 5) is 10.2. The van der Waals surface area contributed by atoms with Crippen LogP contribution >= 0.6 is 15.9 Å². The number of benzene rings is 1. The first kappa shape index (κ1) is 12.8. The van der Waals surface area contributed by atoms with Crippen molar-refractivity contribution in [1.82, 2.24) is 5.32 Å². The van der Waals surface area contributed by atoms with Gasteiger partial charge >= 0.3 is 0 Å². The molecule has 1 aromatic rings. The molecule has 0 saturated carbocycles. The van der Waals surface area contributed by atoms with Gasteiger partial charge in [0.05, 0.1) is 18.7 Å². The van der Waals surface area contributed by atoms with Crippen LogP contribution in [0.5, 0.6) is 11.5 Å². The van der Waals surface area contributed by atoms with Crippen LogP contribution in [0.4, 0.5) is 0 Å². The van der Waals surface area contributed by atoms with E-state index in [2.05, 4.69) is 21.2 Å². The molecule has 1 rings (SSSR count). The number of hydrogen-bond acceptors (Lipinski definition) is 3. The molecule has 0 atom stereocenters. The van der Waals surface area contributed by atoms with Crippen LogP contribution in [0, 0.1) is 0 Å². The van der Waals surface area contributed by atoms with Crippen LogP contribution < -0.4 is 14.8 Å². The number of carbonyl (C=O) groups excluding carboxylic acids is 1. The lowest BCUT2D eigenvalue weighted by Crippen LogP contribution is -2.14. The number of carbonyl (C=O) groups is 1. The van der Waals surface area contributed by atoms with Crippen LogP contribution in [-0.4, -0.2) is 27.2 Å². The second-order valence-electron chi connectivity index (χ2n) is 3.12. The molecule has 16 heavy (non-hydrogen) atoms. The van der Waals surface area contributed by atoms with E-state index in [9.17, 15) is 4.79 Å². The maximum absolute atomic E-state index is 10.2. The van der Waals surface area contributed by atoms with E-state index >= 15 is 0 Å². The molecule has 1 amide bonds. The maximum atomic E-state index is 10.2. The van der Waals surface area contributed by atoms with Crippen molar-refractivity contribution >= 4 is 22.3 Å². The zero-order valence-electron chi connectivity index (χ0n) is 9.25. The lowest BCUT2D eigenvalue weighted by atomic mass is 10.1. The zero-order chi connectivity index (χ0) is 12.0. The molecular formula is C11H14BrNO3. The third-order valence-electron chi connectivity index (χ3n) is 2.18. The van der Waals surface area contributed by atoms with Gasteiger partial charge in [-0.25, -0.2) is 0 Å². The Hall–Kier alpha value is -1.23. The van der Waals surface area contributed by atoms with Gasteiger partial charge < -0.3 is 14.8 Å². The summed E-state index contributed by atoms with van der Waals surface area (Å²) in [5, 5.41) is 2.61. The minimum atomic E-state index is 0.574. The van der Waals surface area contributed by atoms with Crippen molar-refractivity contribution in [2.24, 2.45) is 0 Å². The number of rotatable bonds is 6. The first-order valence-corrected chi connectivity index (χ1v) is 5.59. The lowest BCUT2D eigenvalue weighted by molar-refractivity contribution is -0.109. The van der Waals surface area contributed by atoms with Crippen molar-refractivity contribution in [3.8, 4) is 11.5 Å². The predicted octanol–water partition coefficient (Wildman–Crippen LogP) is 1.75. The predicted molar refractivity (Wildman–Crippen MR) is 65.0 cm³/mol. The minimum Gasteiger partial charge on any atom is -0.496 e. The average molecular weight is 288 g/mol. The maximum Gasteiger partial charge on any atom is 0.207 e. The number of ether oxygens (including phenoxy) is 2. The normalized spacial score (nSPS) is 9.69. The third-order valence-corrected chi connectivity index (χ3v) is 2.80. The first-order valence-electron chi connectivity index (χ1n) is 4.80. The van der Waals surface area contributed by atoms with Gasteiger partial charge in [0.1, 0.15) is 11.5 Å². The molecule has 1 N–H and O–H groups in total. The molecule has 0 fully saturated rings. The van der Waals surface area contributed by atoms with Crippen molar-refractivity contribution in [3.63, 3.8) is 0 Å². The van der Waals surface area contributed by atoms with E-state index in [1.54, 1.807) is 14.2 Å². The van der Waals surface area contributed by atoms with E-state index in [1.165, 1.54) is 0 Å². The zero-order valence-corrected chi connectivity index (χ0v) is 10.8. The largest absolute Gasteiger partial charge is 0.496 e. The van der Waals surface area contributed by atoms with Crippen molar-refractivity contribution in [3.05, 3.63) is 22.2 Å². The average Bonchev–Trinajstić information content (AvgIpc) is 2.30. The molecule has 0 aromatic heterocycles. The Morgan fingerprint density at radius 1 is 1.31 bits per heavy atom. The molecule has 1 aromatic carbocycles. The van der Waals surface area contributed by atoms with E-state index in [-0.39, 0.29) is 0 Å². The highest BCUT2D eigenvalue weighted by Gasteiger charge is 2.08. The van der Waals surface area contributed by atoms with Gasteiger partial charge in [-0.2, -0.15) is 0 Å². The van der Waals surface area contributed by atoms with E-state index < -0.39 is 0 Å². The Kier molecular flexibility index (Phi) is 5.11. The van der Waals surface area contributed by atoms with E-state index in [0.717, 1.165) is 21.5 Å². The second-order valence-corrected chi connectivity index (χ2v) is 3.97. The van der Waals surface area contributed by atoms with Crippen molar-refractivity contribution in [2.45, 2.75) is 6.42 Å². The molecule has 0 heterocycles. The van der Waals surface area contributed by atoms with Gasteiger partial charge in [-0.05, 0) is 40.0 Å². The van der Waals surface area contributed by atoms with Gasteiger partial charge in [-0.1, -0.05) is 0 Å². The monoisotopic (exact) mass is 287 g/mol. The molecular weight excluding hydrogens is 274 g/mol. The standard InChI is InChI=1S/C11H14BrNO3/c1-15-10-6-9(12)11(16-2)5-8(10)3-4-13-7-14/h5-7H,3-4H2,1-2H3,(H,13,14). The highest BCUT2D eigenvalue weighted by Crippen LogP contribution is 2.32. The van der Waals surface area contributed by atoms with Crippen molar-refractivity contribution < 1.29 is 14.3 Å². The van der Waals surface area contributed by atoms with E-state index in [4.69, 9.17) is 9.47 Å². The first-order chi connectivity index (χ1) is 7.72. The summed E-state index contributed by atoms with van der Waals surface area (Å²) in [6.07, 6.45) is 1.38. The number of nitrogens with one attached hydrogen (secondary N) is 1. The van der Waals surface area contributed by atoms with Gasteiger partial charge in [-0.3, -0.25) is 4.79 Å². The summed E-state index contributed by atoms with van der Waals surface area (Å²) >= 11 is 3.39. The molecule has 0 saturated heterocycles. The van der Waals surface area contributed by atoms with Crippen LogP contribution in [0.1, 0.15) is 5.56 Å². The van der Waals surface area contributed by atoms with Crippen molar-refractivity contribution in [1.29, 1.82) is 0 Å². The third kappa shape index (κ3) is 3.13. The fourth-order valence-corrected chi connectivity index (χ4v) is 1.87. The highest BCUT2D eigenvalue weighted by atomic mass is 79.9. The number of amides is 1. The second kappa shape index (κ2) is 6.37. The van der Waals surface area contributed by atoms with Gasteiger partial charge in [0, 0.05) is 6.54 Å². The molecule has 88 valence electrons. The topological polar surface area (TPSA) is 47.6 Å². The fraction of sp³-hybridized carbons (Fsp3) is 0.364. The Bertz CT molecular complexity index is 368. The highest BCUT2D eigenvalue weighted by molar-refractivity contribution is 9.10. The molecule has 0 aliphatic rings. The Morgan fingerprint density at radius 3 is 2.56 bits per heavy atom. The summed E-state index contributed by atoms with van der Waals surface area (Å²) in [5.74, 6) is 1.53. The van der Waals surface area contributed by atoms with Crippen LogP contribution in [-0.2, 0) is 11.2 Å². The Labute approximate surface area is 103 Å². The van der Waals surface area contributed by atoms with Gasteiger partial charge in [-0.15, -0.1) is 0 Å². The molecule has 0 aliphatic carbocycles. The van der Waals surface area contributed by atoms with E-state index in [1.807, 2.05) is 12.1 Å². The summed E-state index contributed by atoms with van der Waals surface area (Å²) < 4.78 is 11.3. The lowest BCUT2D eigenvalue weighted by Gasteiger charge is -2.11. The minimum absolute atomic E-state index is 0.574. The molecule has 0 radical (unpaired) electrons. The van der Waals surface area contributed by atoms with E-state index in [0.29, 0.717) is 19.4 Å². The van der Waals surface area contributed by atoms with Crippen LogP contribution in [0.3, 0.4) is 0 Å². The Balaban J connectivity index is 2.90. The number of halogens is 1. The summed E-state index contributed by atoms with van der Waals surface area (Å²) in [7, 11) is 3.23.